The molecule has 0 amide bonds. The van der Waals surface area contributed by atoms with Crippen LogP contribution < -0.4 is 9.47 Å². The predicted molar refractivity (Wildman–Crippen MR) is 134 cm³/mol. The Kier molecular flexibility index (Phi) is 8.30. The van der Waals surface area contributed by atoms with E-state index in [0.717, 1.165) is 11.1 Å². The summed E-state index contributed by atoms with van der Waals surface area (Å²) in [5, 5.41) is 20.1. The molecule has 35 heavy (non-hydrogen) atoms. The van der Waals surface area contributed by atoms with Crippen molar-refractivity contribution in [2.24, 2.45) is 5.41 Å². The van der Waals surface area contributed by atoms with Gasteiger partial charge in [-0.1, -0.05) is 44.2 Å². The molecule has 0 aliphatic heterocycles. The Morgan fingerprint density at radius 2 is 1.83 bits per heavy atom. The standard InChI is InChI=1S/C29H31FO5/c1-5-29(2,3)28(33)25-16-20(9-12-23(25)24-17-21(34-4)11-13-26(24)30)18-35-22-8-6-7-19(15-22)10-14-27(31)32/h5-9,11-13,15-17,28,33H,1,10,14,18H2,2-4H3,(H,31,32)/t28-/m1/s1. The Bertz CT molecular complexity index is 1200. The highest BCUT2D eigenvalue weighted by molar-refractivity contribution is 5.70. The minimum absolute atomic E-state index is 0.0477. The van der Waals surface area contributed by atoms with Crippen LogP contribution in [0, 0.1) is 11.2 Å². The number of rotatable bonds is 11. The molecule has 0 saturated heterocycles. The van der Waals surface area contributed by atoms with Crippen LogP contribution in [0.1, 0.15) is 43.1 Å². The number of carboxylic acids is 1. The summed E-state index contributed by atoms with van der Waals surface area (Å²) >= 11 is 0. The molecule has 0 heterocycles. The van der Waals surface area contributed by atoms with Gasteiger partial charge in [-0.3, -0.25) is 4.79 Å². The van der Waals surface area contributed by atoms with Crippen LogP contribution in [-0.2, 0) is 17.8 Å². The van der Waals surface area contributed by atoms with Crippen LogP contribution in [0.15, 0.2) is 73.3 Å². The molecule has 1 atom stereocenters. The predicted octanol–water partition coefficient (Wildman–Crippen LogP) is 6.34. The Morgan fingerprint density at radius 3 is 2.51 bits per heavy atom. The summed E-state index contributed by atoms with van der Waals surface area (Å²) in [5.74, 6) is -0.139. The molecule has 0 radical (unpaired) electrons. The van der Waals surface area contributed by atoms with Crippen molar-refractivity contribution in [3.8, 4) is 22.6 Å². The molecule has 0 aromatic heterocycles. The van der Waals surface area contributed by atoms with Gasteiger partial charge in [-0.05, 0) is 65.1 Å². The van der Waals surface area contributed by atoms with Crippen molar-refractivity contribution in [2.75, 3.05) is 7.11 Å². The van der Waals surface area contributed by atoms with Gasteiger partial charge in [-0.15, -0.1) is 6.58 Å². The summed E-state index contributed by atoms with van der Waals surface area (Å²) in [7, 11) is 1.52. The Morgan fingerprint density at radius 1 is 1.06 bits per heavy atom. The summed E-state index contributed by atoms with van der Waals surface area (Å²) in [6.45, 7) is 7.79. The maximum atomic E-state index is 14.8. The van der Waals surface area contributed by atoms with E-state index in [0.29, 0.717) is 34.6 Å². The number of aryl methyl sites for hydroxylation is 1. The van der Waals surface area contributed by atoms with Crippen molar-refractivity contribution in [3.63, 3.8) is 0 Å². The van der Waals surface area contributed by atoms with Gasteiger partial charge in [0, 0.05) is 17.4 Å². The van der Waals surface area contributed by atoms with E-state index in [9.17, 15) is 14.3 Å². The van der Waals surface area contributed by atoms with Crippen molar-refractivity contribution >= 4 is 5.97 Å². The van der Waals surface area contributed by atoms with Gasteiger partial charge in [-0.2, -0.15) is 0 Å². The monoisotopic (exact) mass is 478 g/mol. The summed E-state index contributed by atoms with van der Waals surface area (Å²) in [4.78, 5) is 10.8. The smallest absolute Gasteiger partial charge is 0.303 e. The molecule has 3 aromatic carbocycles. The number of aliphatic hydroxyl groups is 1. The van der Waals surface area contributed by atoms with Crippen LogP contribution in [0.25, 0.3) is 11.1 Å². The van der Waals surface area contributed by atoms with E-state index in [1.807, 2.05) is 44.2 Å². The van der Waals surface area contributed by atoms with Gasteiger partial charge in [0.1, 0.15) is 23.9 Å². The fourth-order valence-electron chi connectivity index (χ4n) is 3.73. The number of carbonyl (C=O) groups is 1. The second-order valence-electron chi connectivity index (χ2n) is 9.03. The quantitative estimate of drug-likeness (QED) is 0.314. The summed E-state index contributed by atoms with van der Waals surface area (Å²) in [6, 6.07) is 17.2. The molecule has 2 N–H and O–H groups in total. The highest BCUT2D eigenvalue weighted by atomic mass is 19.1. The number of benzene rings is 3. The molecule has 5 nitrogen and oxygen atoms in total. The van der Waals surface area contributed by atoms with Crippen LogP contribution in [0.5, 0.6) is 11.5 Å². The van der Waals surface area contributed by atoms with Crippen molar-refractivity contribution in [2.45, 2.75) is 39.4 Å². The lowest BCUT2D eigenvalue weighted by Gasteiger charge is -2.29. The van der Waals surface area contributed by atoms with E-state index in [4.69, 9.17) is 14.6 Å². The molecule has 0 aliphatic rings. The molecular weight excluding hydrogens is 447 g/mol. The van der Waals surface area contributed by atoms with Crippen molar-refractivity contribution in [1.29, 1.82) is 0 Å². The second-order valence-corrected chi connectivity index (χ2v) is 9.03. The van der Waals surface area contributed by atoms with Crippen LogP contribution in [-0.4, -0.2) is 23.3 Å². The molecule has 0 unspecified atom stereocenters. The number of carboxylic acid groups (broad SMARTS) is 1. The van der Waals surface area contributed by atoms with Crippen LogP contribution in [0.2, 0.25) is 0 Å². The third kappa shape index (κ3) is 6.49. The molecule has 184 valence electrons. The fourth-order valence-corrected chi connectivity index (χ4v) is 3.73. The van der Waals surface area contributed by atoms with Gasteiger partial charge in [0.2, 0.25) is 0 Å². The average Bonchev–Trinajstić information content (AvgIpc) is 2.86. The number of hydrogen-bond acceptors (Lipinski definition) is 4. The minimum atomic E-state index is -0.945. The van der Waals surface area contributed by atoms with Gasteiger partial charge in [0.25, 0.3) is 0 Å². The first-order valence-corrected chi connectivity index (χ1v) is 11.4. The van der Waals surface area contributed by atoms with Crippen molar-refractivity contribution < 1.29 is 28.9 Å². The number of hydrogen-bond donors (Lipinski definition) is 2. The van der Waals surface area contributed by atoms with Crippen molar-refractivity contribution in [3.05, 3.63) is 95.8 Å². The number of methoxy groups -OCH3 is 1. The van der Waals surface area contributed by atoms with Gasteiger partial charge < -0.3 is 19.7 Å². The fraction of sp³-hybridized carbons (Fsp3) is 0.276. The zero-order valence-corrected chi connectivity index (χ0v) is 20.3. The number of aliphatic carboxylic acids is 1. The lowest BCUT2D eigenvalue weighted by Crippen LogP contribution is -2.20. The molecule has 0 fully saturated rings. The summed E-state index contributed by atoms with van der Waals surface area (Å²) in [5.41, 5.74) is 2.44. The SMILES string of the molecule is C=CC(C)(C)[C@H](O)c1cc(COc2cccc(CCC(=O)O)c2)ccc1-c1cc(OC)ccc1F. The van der Waals surface area contributed by atoms with Crippen LogP contribution >= 0.6 is 0 Å². The first kappa shape index (κ1) is 26.0. The minimum Gasteiger partial charge on any atom is -0.497 e. The first-order chi connectivity index (χ1) is 16.6. The van der Waals surface area contributed by atoms with E-state index < -0.39 is 23.3 Å². The third-order valence-corrected chi connectivity index (χ3v) is 6.04. The Hall–Kier alpha value is -3.64. The molecular formula is C29H31FO5. The molecule has 0 bridgehead atoms. The second kappa shape index (κ2) is 11.2. The zero-order valence-electron chi connectivity index (χ0n) is 20.3. The van der Waals surface area contributed by atoms with E-state index in [2.05, 4.69) is 6.58 Å². The van der Waals surface area contributed by atoms with Crippen LogP contribution in [0.3, 0.4) is 0 Å². The molecule has 0 saturated carbocycles. The Balaban J connectivity index is 1.94. The number of halogens is 1. The van der Waals surface area contributed by atoms with Gasteiger partial charge in [0.05, 0.1) is 13.2 Å². The van der Waals surface area contributed by atoms with E-state index >= 15 is 0 Å². The molecule has 3 rings (SSSR count). The van der Waals surface area contributed by atoms with Gasteiger partial charge >= 0.3 is 5.97 Å². The van der Waals surface area contributed by atoms with Crippen LogP contribution in [0.4, 0.5) is 4.39 Å². The third-order valence-electron chi connectivity index (χ3n) is 6.04. The number of aliphatic hydroxyl groups excluding tert-OH is 1. The largest absolute Gasteiger partial charge is 0.497 e. The highest BCUT2D eigenvalue weighted by Crippen LogP contribution is 2.41. The first-order valence-electron chi connectivity index (χ1n) is 11.4. The molecule has 3 aromatic rings. The van der Waals surface area contributed by atoms with Crippen molar-refractivity contribution in [1.82, 2.24) is 0 Å². The maximum Gasteiger partial charge on any atom is 0.303 e. The molecule has 6 heteroatoms. The maximum absolute atomic E-state index is 14.8. The number of ether oxygens (including phenoxy) is 2. The van der Waals surface area contributed by atoms with Gasteiger partial charge in [-0.25, -0.2) is 4.39 Å². The topological polar surface area (TPSA) is 76.0 Å². The normalized spacial score (nSPS) is 12.1. The zero-order chi connectivity index (χ0) is 25.6. The summed E-state index contributed by atoms with van der Waals surface area (Å²) < 4.78 is 26.0. The Labute approximate surface area is 205 Å². The van der Waals surface area contributed by atoms with Gasteiger partial charge in [0.15, 0.2) is 0 Å². The van der Waals surface area contributed by atoms with E-state index in [-0.39, 0.29) is 13.0 Å². The molecule has 0 aliphatic carbocycles. The lowest BCUT2D eigenvalue weighted by molar-refractivity contribution is -0.136. The highest BCUT2D eigenvalue weighted by Gasteiger charge is 2.29. The van der Waals surface area contributed by atoms with E-state index in [1.54, 1.807) is 30.3 Å². The average molecular weight is 479 g/mol. The molecule has 0 spiro atoms. The lowest BCUT2D eigenvalue weighted by atomic mass is 9.79. The van der Waals surface area contributed by atoms with E-state index in [1.165, 1.54) is 13.2 Å². The summed E-state index contributed by atoms with van der Waals surface area (Å²) in [6.07, 6.45) is 1.20.